The van der Waals surface area contributed by atoms with Gasteiger partial charge in [-0.05, 0) is 38.1 Å². The lowest BCUT2D eigenvalue weighted by atomic mass is 10.1. The topological polar surface area (TPSA) is 32.8 Å². The Kier molecular flexibility index (Phi) is 6.54. The monoisotopic (exact) mass is 290 g/mol. The zero-order valence-electron chi connectivity index (χ0n) is 13.0. The molecular weight excluding hydrogens is 264 g/mol. The van der Waals surface area contributed by atoms with E-state index < -0.39 is 0 Å². The van der Waals surface area contributed by atoms with E-state index in [1.807, 2.05) is 42.3 Å². The number of benzene rings is 1. The third-order valence-corrected chi connectivity index (χ3v) is 3.95. The largest absolute Gasteiger partial charge is 0.493 e. The molecular formula is C17H26N2O2. The van der Waals surface area contributed by atoms with Crippen molar-refractivity contribution in [3.05, 3.63) is 30.3 Å². The van der Waals surface area contributed by atoms with E-state index in [0.717, 1.165) is 18.8 Å². The van der Waals surface area contributed by atoms with Crippen LogP contribution in [0.2, 0.25) is 0 Å². The maximum atomic E-state index is 12.0. The first-order chi connectivity index (χ1) is 10.3. The minimum Gasteiger partial charge on any atom is -0.493 e. The van der Waals surface area contributed by atoms with E-state index in [-0.39, 0.29) is 5.91 Å². The van der Waals surface area contributed by atoms with Crippen LogP contribution in [0.5, 0.6) is 5.75 Å². The maximum absolute atomic E-state index is 12.0. The average molecular weight is 290 g/mol. The quantitative estimate of drug-likeness (QED) is 0.773. The van der Waals surface area contributed by atoms with Crippen molar-refractivity contribution in [1.82, 2.24) is 9.80 Å². The molecule has 1 saturated heterocycles. The molecule has 1 amide bonds. The summed E-state index contributed by atoms with van der Waals surface area (Å²) in [5.41, 5.74) is 0. The molecule has 0 bridgehead atoms. The van der Waals surface area contributed by atoms with E-state index in [0.29, 0.717) is 13.0 Å². The molecule has 0 aliphatic carbocycles. The molecule has 0 N–H and O–H groups in total. The smallest absolute Gasteiger partial charge is 0.225 e. The molecule has 4 heteroatoms. The number of likely N-dealkylation sites (N-methyl/N-ethyl adjacent to an activating group) is 1. The molecule has 1 aromatic carbocycles. The second kappa shape index (κ2) is 8.67. The predicted molar refractivity (Wildman–Crippen MR) is 84.5 cm³/mol. The molecule has 0 spiro atoms. The summed E-state index contributed by atoms with van der Waals surface area (Å²) in [4.78, 5) is 16.3. The Labute approximate surface area is 127 Å². The van der Waals surface area contributed by atoms with Crippen LogP contribution in [-0.4, -0.2) is 55.5 Å². The van der Waals surface area contributed by atoms with Gasteiger partial charge >= 0.3 is 0 Å². The number of likely N-dealkylation sites (tertiary alicyclic amines) is 1. The van der Waals surface area contributed by atoms with Gasteiger partial charge in [0.15, 0.2) is 0 Å². The van der Waals surface area contributed by atoms with Gasteiger partial charge in [-0.15, -0.1) is 0 Å². The van der Waals surface area contributed by atoms with Crippen molar-refractivity contribution in [2.24, 2.45) is 0 Å². The first-order valence-corrected chi connectivity index (χ1v) is 7.90. The number of hydrogen-bond donors (Lipinski definition) is 0. The van der Waals surface area contributed by atoms with E-state index in [1.165, 1.54) is 32.4 Å². The van der Waals surface area contributed by atoms with Gasteiger partial charge in [-0.2, -0.15) is 0 Å². The molecule has 1 aliphatic heterocycles. The van der Waals surface area contributed by atoms with Gasteiger partial charge in [0, 0.05) is 20.1 Å². The van der Waals surface area contributed by atoms with Gasteiger partial charge in [0.2, 0.25) is 5.91 Å². The number of hydrogen-bond acceptors (Lipinski definition) is 3. The van der Waals surface area contributed by atoms with Gasteiger partial charge in [0.05, 0.1) is 13.0 Å². The number of nitrogens with zero attached hydrogens (tertiary/aromatic N) is 2. The van der Waals surface area contributed by atoms with Gasteiger partial charge in [0.25, 0.3) is 0 Å². The van der Waals surface area contributed by atoms with Crippen molar-refractivity contribution in [2.45, 2.75) is 25.7 Å². The molecule has 0 saturated carbocycles. The Hall–Kier alpha value is -1.55. The van der Waals surface area contributed by atoms with Crippen molar-refractivity contribution in [3.8, 4) is 5.75 Å². The summed E-state index contributed by atoms with van der Waals surface area (Å²) >= 11 is 0. The highest BCUT2D eigenvalue weighted by Crippen LogP contribution is 2.09. The minimum atomic E-state index is 0.156. The normalized spacial score (nSPS) is 15.7. The van der Waals surface area contributed by atoms with Crippen LogP contribution in [0, 0.1) is 0 Å². The Balaban J connectivity index is 1.60. The van der Waals surface area contributed by atoms with Gasteiger partial charge < -0.3 is 14.5 Å². The summed E-state index contributed by atoms with van der Waals surface area (Å²) in [5, 5.41) is 0. The number of carbonyl (C=O) groups is 1. The Morgan fingerprint density at radius 2 is 1.90 bits per heavy atom. The number of rotatable bonds is 7. The first-order valence-electron chi connectivity index (χ1n) is 7.90. The Morgan fingerprint density at radius 3 is 2.62 bits per heavy atom. The third kappa shape index (κ3) is 5.76. The number of amides is 1. The van der Waals surface area contributed by atoms with Crippen molar-refractivity contribution in [1.29, 1.82) is 0 Å². The lowest BCUT2D eigenvalue weighted by Gasteiger charge is -2.28. The fraction of sp³-hybridized carbons (Fsp3) is 0.588. The number of piperidine rings is 1. The van der Waals surface area contributed by atoms with Crippen molar-refractivity contribution >= 4 is 5.91 Å². The molecule has 0 aromatic heterocycles. The number of carbonyl (C=O) groups excluding carboxylic acids is 1. The molecule has 0 radical (unpaired) electrons. The minimum absolute atomic E-state index is 0.156. The van der Waals surface area contributed by atoms with Crippen molar-refractivity contribution < 1.29 is 9.53 Å². The fourth-order valence-electron chi connectivity index (χ4n) is 2.56. The van der Waals surface area contributed by atoms with Gasteiger partial charge in [-0.25, -0.2) is 0 Å². The second-order valence-corrected chi connectivity index (χ2v) is 5.63. The molecule has 116 valence electrons. The third-order valence-electron chi connectivity index (χ3n) is 3.95. The molecule has 1 heterocycles. The zero-order valence-corrected chi connectivity index (χ0v) is 13.0. The SMILES string of the molecule is CN(CCN1CCCCC1)C(=O)CCOc1ccccc1. The molecule has 1 aromatic rings. The van der Waals surface area contributed by atoms with E-state index in [9.17, 15) is 4.79 Å². The van der Waals surface area contributed by atoms with Crippen LogP contribution in [0.25, 0.3) is 0 Å². The molecule has 1 fully saturated rings. The summed E-state index contributed by atoms with van der Waals surface area (Å²) in [7, 11) is 1.88. The summed E-state index contributed by atoms with van der Waals surface area (Å²) < 4.78 is 5.56. The molecule has 1 aliphatic rings. The van der Waals surface area contributed by atoms with E-state index >= 15 is 0 Å². The van der Waals surface area contributed by atoms with Crippen LogP contribution >= 0.6 is 0 Å². The van der Waals surface area contributed by atoms with E-state index in [4.69, 9.17) is 4.74 Å². The summed E-state index contributed by atoms with van der Waals surface area (Å²) in [5.74, 6) is 0.976. The van der Waals surface area contributed by atoms with Crippen molar-refractivity contribution in [2.75, 3.05) is 39.8 Å². The average Bonchev–Trinajstić information content (AvgIpc) is 2.54. The van der Waals surface area contributed by atoms with E-state index in [1.54, 1.807) is 0 Å². The highest BCUT2D eigenvalue weighted by Gasteiger charge is 2.13. The predicted octanol–water partition coefficient (Wildman–Crippen LogP) is 2.40. The van der Waals surface area contributed by atoms with Crippen LogP contribution in [0.1, 0.15) is 25.7 Å². The van der Waals surface area contributed by atoms with Crippen LogP contribution < -0.4 is 4.74 Å². The zero-order chi connectivity index (χ0) is 14.9. The summed E-state index contributed by atoms with van der Waals surface area (Å²) in [6.45, 7) is 4.60. The lowest BCUT2D eigenvalue weighted by Crippen LogP contribution is -2.39. The fourth-order valence-corrected chi connectivity index (χ4v) is 2.56. The molecule has 4 nitrogen and oxygen atoms in total. The van der Waals surface area contributed by atoms with Crippen LogP contribution in [0.15, 0.2) is 30.3 Å². The van der Waals surface area contributed by atoms with Crippen LogP contribution in [0.4, 0.5) is 0 Å². The standard InChI is InChI=1S/C17H26N2O2/c1-18(13-14-19-11-6-3-7-12-19)17(20)10-15-21-16-8-4-2-5-9-16/h2,4-5,8-9H,3,6-7,10-15H2,1H3. The van der Waals surface area contributed by atoms with Crippen LogP contribution in [0.3, 0.4) is 0 Å². The molecule has 2 rings (SSSR count). The van der Waals surface area contributed by atoms with Crippen molar-refractivity contribution in [3.63, 3.8) is 0 Å². The highest BCUT2D eigenvalue weighted by molar-refractivity contribution is 5.75. The Morgan fingerprint density at radius 1 is 1.19 bits per heavy atom. The first kappa shape index (κ1) is 15.8. The van der Waals surface area contributed by atoms with Gasteiger partial charge in [-0.1, -0.05) is 24.6 Å². The highest BCUT2D eigenvalue weighted by atomic mass is 16.5. The molecule has 0 unspecified atom stereocenters. The lowest BCUT2D eigenvalue weighted by molar-refractivity contribution is -0.130. The molecule has 0 atom stereocenters. The van der Waals surface area contributed by atoms with Gasteiger partial charge in [0.1, 0.15) is 5.75 Å². The second-order valence-electron chi connectivity index (χ2n) is 5.63. The van der Waals surface area contributed by atoms with Gasteiger partial charge in [-0.3, -0.25) is 4.79 Å². The summed E-state index contributed by atoms with van der Waals surface area (Å²) in [6.07, 6.45) is 4.37. The maximum Gasteiger partial charge on any atom is 0.225 e. The summed E-state index contributed by atoms with van der Waals surface area (Å²) in [6, 6.07) is 9.63. The van der Waals surface area contributed by atoms with E-state index in [2.05, 4.69) is 4.90 Å². The number of para-hydroxylation sites is 1. The van der Waals surface area contributed by atoms with Crippen LogP contribution in [-0.2, 0) is 4.79 Å². The molecule has 21 heavy (non-hydrogen) atoms. The Bertz CT molecular complexity index is 416. The number of ether oxygens (including phenoxy) is 1.